The summed E-state index contributed by atoms with van der Waals surface area (Å²) in [5.74, 6) is 0. The van der Waals surface area contributed by atoms with Gasteiger partial charge in [0.1, 0.15) is 0 Å². The second kappa shape index (κ2) is 6.14. The van der Waals surface area contributed by atoms with Crippen LogP contribution in [0.2, 0.25) is 4.34 Å². The molecule has 2 heterocycles. The van der Waals surface area contributed by atoms with Crippen LogP contribution in [0.1, 0.15) is 23.9 Å². The molecule has 0 radical (unpaired) electrons. The van der Waals surface area contributed by atoms with Gasteiger partial charge in [-0.2, -0.15) is 0 Å². The van der Waals surface area contributed by atoms with E-state index in [1.54, 1.807) is 11.3 Å². The Labute approximate surface area is 110 Å². The molecule has 0 amide bonds. The summed E-state index contributed by atoms with van der Waals surface area (Å²) >= 11 is 7.45. The van der Waals surface area contributed by atoms with Crippen molar-refractivity contribution in [3.05, 3.63) is 33.2 Å². The fourth-order valence-corrected chi connectivity index (χ4v) is 2.57. The van der Waals surface area contributed by atoms with Crippen molar-refractivity contribution in [2.45, 2.75) is 26.4 Å². The van der Waals surface area contributed by atoms with E-state index in [0.29, 0.717) is 0 Å². The Kier molecular flexibility index (Phi) is 4.53. The molecular formula is C11H15ClN4S. The van der Waals surface area contributed by atoms with E-state index in [1.165, 1.54) is 4.88 Å². The third kappa shape index (κ3) is 3.80. The van der Waals surface area contributed by atoms with Gasteiger partial charge in [0.15, 0.2) is 0 Å². The average Bonchev–Trinajstić information content (AvgIpc) is 2.90. The molecule has 2 aromatic heterocycles. The van der Waals surface area contributed by atoms with Crippen molar-refractivity contribution >= 4 is 22.9 Å². The van der Waals surface area contributed by atoms with E-state index in [-0.39, 0.29) is 0 Å². The first kappa shape index (κ1) is 12.5. The second-order valence-electron chi connectivity index (χ2n) is 3.79. The standard InChI is InChI=1S/C11H15ClN4S/c1-2-5-13-6-9-7-16(15-14-9)8-10-3-4-11(12)17-10/h3-4,7,13H,2,5-6,8H2,1H3. The topological polar surface area (TPSA) is 42.7 Å². The second-order valence-corrected chi connectivity index (χ2v) is 5.59. The number of hydrogen-bond acceptors (Lipinski definition) is 4. The van der Waals surface area contributed by atoms with E-state index in [2.05, 4.69) is 22.6 Å². The smallest absolute Gasteiger partial charge is 0.0964 e. The maximum Gasteiger partial charge on any atom is 0.0964 e. The number of halogens is 1. The molecule has 0 saturated heterocycles. The zero-order chi connectivity index (χ0) is 12.1. The zero-order valence-corrected chi connectivity index (χ0v) is 11.3. The molecule has 4 nitrogen and oxygen atoms in total. The maximum absolute atomic E-state index is 5.88. The fourth-order valence-electron chi connectivity index (χ4n) is 1.49. The van der Waals surface area contributed by atoms with Crippen LogP contribution in [0, 0.1) is 0 Å². The summed E-state index contributed by atoms with van der Waals surface area (Å²) in [5.41, 5.74) is 0.973. The summed E-state index contributed by atoms with van der Waals surface area (Å²) in [4.78, 5) is 1.19. The summed E-state index contributed by atoms with van der Waals surface area (Å²) in [5, 5.41) is 11.5. The molecule has 2 aromatic rings. The highest BCUT2D eigenvalue weighted by Gasteiger charge is 2.03. The molecule has 0 aliphatic rings. The number of hydrogen-bond donors (Lipinski definition) is 1. The van der Waals surface area contributed by atoms with E-state index in [9.17, 15) is 0 Å². The Bertz CT molecular complexity index is 465. The van der Waals surface area contributed by atoms with Crippen LogP contribution in [0.5, 0.6) is 0 Å². The minimum absolute atomic E-state index is 0.734. The van der Waals surface area contributed by atoms with Crippen molar-refractivity contribution in [3.8, 4) is 0 Å². The molecule has 6 heteroatoms. The summed E-state index contributed by atoms with van der Waals surface area (Å²) in [6.45, 7) is 4.66. The Hall–Kier alpha value is -0.910. The highest BCUT2D eigenvalue weighted by molar-refractivity contribution is 7.16. The lowest BCUT2D eigenvalue weighted by molar-refractivity contribution is 0.649. The number of nitrogens with zero attached hydrogens (tertiary/aromatic N) is 3. The molecule has 2 rings (SSSR count). The highest BCUT2D eigenvalue weighted by atomic mass is 35.5. The summed E-state index contributed by atoms with van der Waals surface area (Å²) < 4.78 is 2.65. The fraction of sp³-hybridized carbons (Fsp3) is 0.455. The van der Waals surface area contributed by atoms with E-state index in [0.717, 1.165) is 36.1 Å². The average molecular weight is 271 g/mol. The lowest BCUT2D eigenvalue weighted by Crippen LogP contribution is -2.13. The van der Waals surface area contributed by atoms with E-state index in [4.69, 9.17) is 11.6 Å². The number of rotatable bonds is 6. The van der Waals surface area contributed by atoms with Gasteiger partial charge >= 0.3 is 0 Å². The monoisotopic (exact) mass is 270 g/mol. The summed E-state index contributed by atoms with van der Waals surface area (Å²) in [6, 6.07) is 3.92. The molecule has 0 bridgehead atoms. The molecule has 0 aliphatic carbocycles. The molecule has 0 fully saturated rings. The SMILES string of the molecule is CCCNCc1cn(Cc2ccc(Cl)s2)nn1. The van der Waals surface area contributed by atoms with Crippen LogP contribution in [-0.2, 0) is 13.1 Å². The van der Waals surface area contributed by atoms with Crippen LogP contribution < -0.4 is 5.32 Å². The first-order valence-electron chi connectivity index (χ1n) is 5.62. The third-order valence-electron chi connectivity index (χ3n) is 2.27. The van der Waals surface area contributed by atoms with Crippen LogP contribution in [0.15, 0.2) is 18.3 Å². The van der Waals surface area contributed by atoms with Gasteiger partial charge in [-0.3, -0.25) is 0 Å². The quantitative estimate of drug-likeness (QED) is 0.821. The minimum Gasteiger partial charge on any atom is -0.311 e. The highest BCUT2D eigenvalue weighted by Crippen LogP contribution is 2.21. The van der Waals surface area contributed by atoms with Crippen molar-refractivity contribution in [1.82, 2.24) is 20.3 Å². The first-order chi connectivity index (χ1) is 8.28. The number of thiophene rings is 1. The van der Waals surface area contributed by atoms with Gasteiger partial charge in [0.05, 0.1) is 22.8 Å². The summed E-state index contributed by atoms with van der Waals surface area (Å²) in [7, 11) is 0. The number of aromatic nitrogens is 3. The Balaban J connectivity index is 1.89. The van der Waals surface area contributed by atoms with Gasteiger partial charge in [-0.1, -0.05) is 23.7 Å². The van der Waals surface area contributed by atoms with E-state index in [1.807, 2.05) is 23.0 Å². The molecular weight excluding hydrogens is 256 g/mol. The Morgan fingerprint density at radius 3 is 3.06 bits per heavy atom. The first-order valence-corrected chi connectivity index (χ1v) is 6.81. The molecule has 0 aliphatic heterocycles. The minimum atomic E-state index is 0.734. The van der Waals surface area contributed by atoms with E-state index < -0.39 is 0 Å². The number of nitrogens with one attached hydrogen (secondary N) is 1. The Morgan fingerprint density at radius 1 is 1.47 bits per heavy atom. The maximum atomic E-state index is 5.88. The Morgan fingerprint density at radius 2 is 2.35 bits per heavy atom. The van der Waals surface area contributed by atoms with Crippen molar-refractivity contribution in [2.24, 2.45) is 0 Å². The van der Waals surface area contributed by atoms with Crippen molar-refractivity contribution in [1.29, 1.82) is 0 Å². The molecule has 0 unspecified atom stereocenters. The van der Waals surface area contributed by atoms with Gasteiger partial charge in [0.2, 0.25) is 0 Å². The van der Waals surface area contributed by atoms with E-state index >= 15 is 0 Å². The lowest BCUT2D eigenvalue weighted by Gasteiger charge is -1.97. The van der Waals surface area contributed by atoms with Crippen LogP contribution in [0.3, 0.4) is 0 Å². The van der Waals surface area contributed by atoms with Crippen molar-refractivity contribution in [2.75, 3.05) is 6.54 Å². The van der Waals surface area contributed by atoms with Crippen LogP contribution >= 0.6 is 22.9 Å². The normalized spacial score (nSPS) is 10.9. The van der Waals surface area contributed by atoms with Gasteiger partial charge in [-0.15, -0.1) is 16.4 Å². The van der Waals surface area contributed by atoms with Crippen LogP contribution in [0.25, 0.3) is 0 Å². The van der Waals surface area contributed by atoms with Gasteiger partial charge in [0.25, 0.3) is 0 Å². The molecule has 17 heavy (non-hydrogen) atoms. The molecule has 0 aromatic carbocycles. The van der Waals surface area contributed by atoms with Crippen LogP contribution in [0.4, 0.5) is 0 Å². The molecule has 0 spiro atoms. The van der Waals surface area contributed by atoms with Gasteiger partial charge < -0.3 is 5.32 Å². The van der Waals surface area contributed by atoms with Gasteiger partial charge in [-0.25, -0.2) is 4.68 Å². The van der Waals surface area contributed by atoms with Gasteiger partial charge in [0, 0.05) is 11.4 Å². The molecule has 92 valence electrons. The summed E-state index contributed by atoms with van der Waals surface area (Å²) in [6.07, 6.45) is 3.10. The largest absolute Gasteiger partial charge is 0.311 e. The molecule has 0 atom stereocenters. The van der Waals surface area contributed by atoms with Gasteiger partial charge in [-0.05, 0) is 25.1 Å². The molecule has 0 saturated carbocycles. The predicted octanol–water partition coefficient (Wildman–Crippen LogP) is 2.54. The zero-order valence-electron chi connectivity index (χ0n) is 9.69. The molecule has 1 N–H and O–H groups in total. The lowest BCUT2D eigenvalue weighted by atomic mass is 10.4. The van der Waals surface area contributed by atoms with Crippen LogP contribution in [-0.4, -0.2) is 21.5 Å². The third-order valence-corrected chi connectivity index (χ3v) is 3.48. The van der Waals surface area contributed by atoms with Crippen molar-refractivity contribution < 1.29 is 0 Å². The van der Waals surface area contributed by atoms with Crippen molar-refractivity contribution in [3.63, 3.8) is 0 Å². The predicted molar refractivity (Wildman–Crippen MR) is 70.5 cm³/mol.